The number of ether oxygens (including phenoxy) is 3. The van der Waals surface area contributed by atoms with Crippen LogP contribution in [0.4, 0.5) is 34.1 Å². The Balaban J connectivity index is 1.42. The van der Waals surface area contributed by atoms with Crippen LogP contribution >= 0.6 is 0 Å². The molecule has 14 heteroatoms. The first kappa shape index (κ1) is 35.0. The van der Waals surface area contributed by atoms with Crippen LogP contribution in [0.2, 0.25) is 0 Å². The second kappa shape index (κ2) is 14.4. The fraction of sp³-hybridized carbons (Fsp3) is 0.314. The van der Waals surface area contributed by atoms with E-state index in [0.717, 1.165) is 23.1 Å². The maximum Gasteiger partial charge on any atom is 0.435 e. The molecule has 0 saturated heterocycles. The topological polar surface area (TPSA) is 147 Å². The maximum atomic E-state index is 13.8. The Labute approximate surface area is 280 Å². The molecule has 1 aromatic heterocycles. The van der Waals surface area contributed by atoms with Gasteiger partial charge in [-0.25, -0.2) is 14.3 Å². The van der Waals surface area contributed by atoms with E-state index in [1.807, 2.05) is 12.1 Å². The molecule has 0 radical (unpaired) electrons. The molecule has 5 rings (SSSR count). The van der Waals surface area contributed by atoms with Gasteiger partial charge in [0.1, 0.15) is 24.0 Å². The SMILES string of the molecule is CC(C)(C)OC(=O)Nc1cccc(C(OCC2CC2)c2cccc(NC(=O)c3cc(C(F)(F)F)nn3-c3cccc(COC(N)=O)c3)c2)c1. The minimum atomic E-state index is -4.83. The molecule has 1 heterocycles. The van der Waals surface area contributed by atoms with Crippen molar-refractivity contribution in [3.8, 4) is 5.69 Å². The molecule has 3 amide bonds. The lowest BCUT2D eigenvalue weighted by Crippen LogP contribution is -2.27. The molecule has 49 heavy (non-hydrogen) atoms. The van der Waals surface area contributed by atoms with Crippen LogP contribution < -0.4 is 16.4 Å². The van der Waals surface area contributed by atoms with Gasteiger partial charge in [-0.2, -0.15) is 18.3 Å². The molecule has 1 unspecified atom stereocenters. The Morgan fingerprint density at radius 3 is 2.14 bits per heavy atom. The molecule has 3 aromatic carbocycles. The molecule has 1 aliphatic carbocycles. The van der Waals surface area contributed by atoms with Crippen molar-refractivity contribution in [2.75, 3.05) is 17.2 Å². The molecule has 1 atom stereocenters. The number of carbonyl (C=O) groups excluding carboxylic acids is 3. The first-order chi connectivity index (χ1) is 23.1. The average molecular weight is 680 g/mol. The summed E-state index contributed by atoms with van der Waals surface area (Å²) < 4.78 is 58.7. The number of halogens is 3. The van der Waals surface area contributed by atoms with E-state index in [2.05, 4.69) is 15.7 Å². The average Bonchev–Trinajstić information content (AvgIpc) is 3.73. The highest BCUT2D eigenvalue weighted by Crippen LogP contribution is 2.35. The van der Waals surface area contributed by atoms with Gasteiger partial charge in [0.15, 0.2) is 5.69 Å². The van der Waals surface area contributed by atoms with Gasteiger partial charge < -0.3 is 25.3 Å². The molecule has 1 fully saturated rings. The number of amides is 3. The standard InChI is InChI=1S/C35H36F3N5O6/c1-34(2,3)49-33(46)41-26-11-6-9-24(17-26)30(47-19-21-13-14-21)23-8-5-10-25(16-23)40-31(44)28-18-29(35(36,37)38)42-43(28)27-12-4-7-22(15-27)20-48-32(39)45/h4-12,15-18,21,30H,13-14,19-20H2,1-3H3,(H2,39,45)(H,40,44)(H,41,46). The highest BCUT2D eigenvalue weighted by Gasteiger charge is 2.36. The molecule has 4 aromatic rings. The zero-order valence-electron chi connectivity index (χ0n) is 27.0. The van der Waals surface area contributed by atoms with Crippen molar-refractivity contribution in [1.82, 2.24) is 9.78 Å². The number of alkyl halides is 3. The fourth-order valence-corrected chi connectivity index (χ4v) is 4.89. The number of anilines is 2. The number of nitrogens with two attached hydrogens (primary N) is 1. The molecule has 4 N–H and O–H groups in total. The predicted molar refractivity (Wildman–Crippen MR) is 174 cm³/mol. The Morgan fingerprint density at radius 2 is 1.55 bits per heavy atom. The molecule has 0 bridgehead atoms. The van der Waals surface area contributed by atoms with Crippen LogP contribution in [-0.2, 0) is 27.0 Å². The van der Waals surface area contributed by atoms with Gasteiger partial charge in [0, 0.05) is 17.4 Å². The summed E-state index contributed by atoms with van der Waals surface area (Å²) >= 11 is 0. The zero-order valence-corrected chi connectivity index (χ0v) is 27.0. The number of carbonyl (C=O) groups is 3. The summed E-state index contributed by atoms with van der Waals surface area (Å²) in [4.78, 5) is 37.0. The summed E-state index contributed by atoms with van der Waals surface area (Å²) in [5, 5.41) is 9.09. The summed E-state index contributed by atoms with van der Waals surface area (Å²) in [6.45, 7) is 5.56. The van der Waals surface area contributed by atoms with E-state index in [4.69, 9.17) is 19.9 Å². The molecule has 0 aliphatic heterocycles. The Kier molecular flexibility index (Phi) is 10.3. The van der Waals surface area contributed by atoms with Crippen molar-refractivity contribution in [3.05, 3.63) is 107 Å². The van der Waals surface area contributed by atoms with Gasteiger partial charge in [0.2, 0.25) is 0 Å². The van der Waals surface area contributed by atoms with Crippen molar-refractivity contribution in [1.29, 1.82) is 0 Å². The molecular weight excluding hydrogens is 643 g/mol. The number of primary amides is 1. The fourth-order valence-electron chi connectivity index (χ4n) is 4.89. The van der Waals surface area contributed by atoms with Crippen LogP contribution in [0, 0.1) is 5.92 Å². The third-order valence-electron chi connectivity index (χ3n) is 7.25. The molecular formula is C35H36F3N5O6. The highest BCUT2D eigenvalue weighted by molar-refractivity contribution is 6.03. The van der Waals surface area contributed by atoms with Crippen LogP contribution in [0.1, 0.15) is 72.6 Å². The van der Waals surface area contributed by atoms with Crippen molar-refractivity contribution in [3.63, 3.8) is 0 Å². The number of rotatable bonds is 11. The number of nitrogens with zero attached hydrogens (tertiary/aromatic N) is 2. The summed E-state index contributed by atoms with van der Waals surface area (Å²) in [7, 11) is 0. The molecule has 11 nitrogen and oxygen atoms in total. The quantitative estimate of drug-likeness (QED) is 0.148. The van der Waals surface area contributed by atoms with Gasteiger partial charge in [0.25, 0.3) is 5.91 Å². The zero-order chi connectivity index (χ0) is 35.3. The van der Waals surface area contributed by atoms with E-state index in [0.29, 0.717) is 41.1 Å². The lowest BCUT2D eigenvalue weighted by Gasteiger charge is -2.22. The number of hydrogen-bond donors (Lipinski definition) is 3. The Morgan fingerprint density at radius 1 is 0.918 bits per heavy atom. The monoisotopic (exact) mass is 679 g/mol. The summed E-state index contributed by atoms with van der Waals surface area (Å²) in [5.74, 6) is -0.421. The number of aromatic nitrogens is 2. The van der Waals surface area contributed by atoms with E-state index < -0.39 is 41.7 Å². The number of hydrogen-bond acceptors (Lipinski definition) is 7. The van der Waals surface area contributed by atoms with Gasteiger partial charge in [-0.15, -0.1) is 0 Å². The lowest BCUT2D eigenvalue weighted by molar-refractivity contribution is -0.141. The van der Waals surface area contributed by atoms with E-state index in [1.165, 1.54) is 18.2 Å². The minimum Gasteiger partial charge on any atom is -0.445 e. The van der Waals surface area contributed by atoms with Gasteiger partial charge in [-0.05, 0) is 92.6 Å². The van der Waals surface area contributed by atoms with E-state index in [1.54, 1.807) is 63.2 Å². The second-order valence-corrected chi connectivity index (χ2v) is 12.6. The summed E-state index contributed by atoms with van der Waals surface area (Å²) in [6, 6.07) is 20.6. The first-order valence-electron chi connectivity index (χ1n) is 15.5. The molecule has 0 spiro atoms. The highest BCUT2D eigenvalue weighted by atomic mass is 19.4. The van der Waals surface area contributed by atoms with E-state index >= 15 is 0 Å². The third kappa shape index (κ3) is 9.83. The third-order valence-corrected chi connectivity index (χ3v) is 7.25. The molecule has 1 aliphatic rings. The number of nitrogens with one attached hydrogen (secondary N) is 2. The smallest absolute Gasteiger partial charge is 0.435 e. The molecule has 1 saturated carbocycles. The Hall–Kier alpha value is -5.37. The second-order valence-electron chi connectivity index (χ2n) is 12.6. The number of benzene rings is 3. The minimum absolute atomic E-state index is 0.133. The van der Waals surface area contributed by atoms with E-state index in [9.17, 15) is 27.6 Å². The molecule has 258 valence electrons. The first-order valence-corrected chi connectivity index (χ1v) is 15.5. The van der Waals surface area contributed by atoms with Crippen molar-refractivity contribution in [2.24, 2.45) is 11.7 Å². The normalized spacial score (nSPS) is 13.8. The van der Waals surface area contributed by atoms with Gasteiger partial charge in [0.05, 0.1) is 12.3 Å². The Bertz CT molecular complexity index is 1830. The predicted octanol–water partition coefficient (Wildman–Crippen LogP) is 7.60. The van der Waals surface area contributed by atoms with Crippen molar-refractivity contribution in [2.45, 2.75) is 58.1 Å². The van der Waals surface area contributed by atoms with Crippen LogP contribution in [0.15, 0.2) is 78.9 Å². The lowest BCUT2D eigenvalue weighted by atomic mass is 10.00. The van der Waals surface area contributed by atoms with Gasteiger partial charge in [-0.3, -0.25) is 10.1 Å². The largest absolute Gasteiger partial charge is 0.445 e. The van der Waals surface area contributed by atoms with Crippen LogP contribution in [0.25, 0.3) is 5.69 Å². The summed E-state index contributed by atoms with van der Waals surface area (Å²) in [6.07, 6.45) is -4.94. The van der Waals surface area contributed by atoms with Crippen LogP contribution in [0.5, 0.6) is 0 Å². The van der Waals surface area contributed by atoms with Crippen LogP contribution in [0.3, 0.4) is 0 Å². The van der Waals surface area contributed by atoms with Crippen molar-refractivity contribution >= 4 is 29.5 Å². The van der Waals surface area contributed by atoms with Crippen molar-refractivity contribution < 1.29 is 41.8 Å². The maximum absolute atomic E-state index is 13.8. The van der Waals surface area contributed by atoms with E-state index in [-0.39, 0.29) is 18.0 Å². The van der Waals surface area contributed by atoms with Gasteiger partial charge in [-0.1, -0.05) is 36.4 Å². The van der Waals surface area contributed by atoms with Gasteiger partial charge >= 0.3 is 18.4 Å². The summed E-state index contributed by atoms with van der Waals surface area (Å²) in [5.41, 5.74) is 5.45. The van der Waals surface area contributed by atoms with Crippen LogP contribution in [-0.4, -0.2) is 40.1 Å².